The van der Waals surface area contributed by atoms with Crippen molar-refractivity contribution in [2.24, 2.45) is 0 Å². The molecule has 3 N–H and O–H groups in total. The number of rotatable bonds is 15. The smallest absolute Gasteiger partial charge is 0.220 e. The van der Waals surface area contributed by atoms with Gasteiger partial charge in [-0.25, -0.2) is 0 Å². The van der Waals surface area contributed by atoms with Crippen molar-refractivity contribution in [2.75, 3.05) is 12.3 Å². The maximum Gasteiger partial charge on any atom is 0.220 e. The molecule has 0 radical (unpaired) electrons. The van der Waals surface area contributed by atoms with Crippen molar-refractivity contribution in [3.8, 4) is 11.1 Å². The number of hydrogen-bond acceptors (Lipinski definition) is 6. The summed E-state index contributed by atoms with van der Waals surface area (Å²) in [5.74, 6) is 0.814. The summed E-state index contributed by atoms with van der Waals surface area (Å²) in [6, 6.07) is 34.8. The van der Waals surface area contributed by atoms with Crippen LogP contribution in [0.1, 0.15) is 73.7 Å². The molecule has 4 aromatic carbocycles. The topological polar surface area (TPSA) is 96.9 Å². The molecular formula is C39H44N2O5S. The molecule has 0 saturated carbocycles. The molecule has 1 aliphatic heterocycles. The van der Waals surface area contributed by atoms with E-state index in [1.54, 1.807) is 11.8 Å². The summed E-state index contributed by atoms with van der Waals surface area (Å²) in [5, 5.41) is 15.4. The zero-order valence-corrected chi connectivity index (χ0v) is 27.7. The molecule has 0 bridgehead atoms. The van der Waals surface area contributed by atoms with Crippen LogP contribution < -0.4 is 10.6 Å². The molecule has 0 unspecified atom stereocenters. The SMILES string of the molecule is CC(=O)NCCCCCC(=O)NCc1ccccc1-c1ccc([C@H]2O[C@@H](CSc3ccccc3)C[C@@H](c3ccc(CO)cc3)O2)cc1. The first kappa shape index (κ1) is 34.4. The van der Waals surface area contributed by atoms with E-state index in [1.165, 1.54) is 11.8 Å². The van der Waals surface area contributed by atoms with Gasteiger partial charge in [-0.2, -0.15) is 0 Å². The van der Waals surface area contributed by atoms with E-state index in [2.05, 4.69) is 65.2 Å². The maximum absolute atomic E-state index is 12.5. The minimum atomic E-state index is -0.519. The summed E-state index contributed by atoms with van der Waals surface area (Å²) < 4.78 is 13.1. The molecule has 3 atom stereocenters. The van der Waals surface area contributed by atoms with Crippen molar-refractivity contribution < 1.29 is 24.2 Å². The van der Waals surface area contributed by atoms with Gasteiger partial charge in [-0.15, -0.1) is 11.8 Å². The predicted molar refractivity (Wildman–Crippen MR) is 186 cm³/mol. The van der Waals surface area contributed by atoms with E-state index in [-0.39, 0.29) is 30.6 Å². The number of amides is 2. The van der Waals surface area contributed by atoms with Crippen LogP contribution in [0.3, 0.4) is 0 Å². The van der Waals surface area contributed by atoms with Gasteiger partial charge in [-0.3, -0.25) is 9.59 Å². The van der Waals surface area contributed by atoms with Crippen molar-refractivity contribution in [1.82, 2.24) is 10.6 Å². The molecule has 7 nitrogen and oxygen atoms in total. The quantitative estimate of drug-likeness (QED) is 0.0910. The van der Waals surface area contributed by atoms with Gasteiger partial charge in [-0.05, 0) is 52.8 Å². The first-order chi connectivity index (χ1) is 23.0. The highest BCUT2D eigenvalue weighted by molar-refractivity contribution is 7.99. The van der Waals surface area contributed by atoms with E-state index in [9.17, 15) is 14.7 Å². The molecule has 4 aromatic rings. The molecule has 0 aromatic heterocycles. The molecular weight excluding hydrogens is 609 g/mol. The van der Waals surface area contributed by atoms with Crippen LogP contribution in [0.2, 0.25) is 0 Å². The summed E-state index contributed by atoms with van der Waals surface area (Å²) in [6.07, 6.45) is 3.10. The normalized spacial score (nSPS) is 17.6. The Kier molecular flexibility index (Phi) is 13.0. The Balaban J connectivity index is 1.23. The lowest BCUT2D eigenvalue weighted by Gasteiger charge is -2.36. The molecule has 1 fully saturated rings. The second kappa shape index (κ2) is 17.8. The van der Waals surface area contributed by atoms with Crippen molar-refractivity contribution in [3.05, 3.63) is 125 Å². The summed E-state index contributed by atoms with van der Waals surface area (Å²) in [6.45, 7) is 2.63. The maximum atomic E-state index is 12.5. The van der Waals surface area contributed by atoms with Gasteiger partial charge in [0.1, 0.15) is 0 Å². The van der Waals surface area contributed by atoms with Gasteiger partial charge in [0.25, 0.3) is 0 Å². The van der Waals surface area contributed by atoms with E-state index in [1.807, 2.05) is 48.5 Å². The molecule has 47 heavy (non-hydrogen) atoms. The van der Waals surface area contributed by atoms with Gasteiger partial charge >= 0.3 is 0 Å². The lowest BCUT2D eigenvalue weighted by Crippen LogP contribution is -2.31. The number of aliphatic hydroxyl groups is 1. The Labute approximate surface area is 282 Å². The second-order valence-corrected chi connectivity index (χ2v) is 12.9. The first-order valence-corrected chi connectivity index (χ1v) is 17.3. The van der Waals surface area contributed by atoms with Crippen LogP contribution in [-0.2, 0) is 32.2 Å². The Bertz CT molecular complexity index is 1560. The fraction of sp³-hybridized carbons (Fsp3) is 0.333. The van der Waals surface area contributed by atoms with Gasteiger partial charge in [0.05, 0.1) is 18.8 Å². The van der Waals surface area contributed by atoms with E-state index in [0.29, 0.717) is 19.5 Å². The fourth-order valence-corrected chi connectivity index (χ4v) is 6.58. The number of ether oxygens (including phenoxy) is 2. The molecule has 0 aliphatic carbocycles. The lowest BCUT2D eigenvalue weighted by atomic mass is 9.97. The van der Waals surface area contributed by atoms with Gasteiger partial charge in [-0.1, -0.05) is 97.4 Å². The average molecular weight is 653 g/mol. The van der Waals surface area contributed by atoms with Crippen LogP contribution in [0, 0.1) is 0 Å². The summed E-state index contributed by atoms with van der Waals surface area (Å²) in [4.78, 5) is 24.7. The standard InChI is InChI=1S/C39H44N2O5S/c1-28(43)40-23-9-3-6-14-38(44)41-25-33-10-7-8-13-36(33)30-19-21-32(22-20-30)39-45-34(27-47-35-11-4-2-5-12-35)24-37(46-39)31-17-15-29(26-42)16-18-31/h2,4-5,7-8,10-13,15-22,34,37,39,42H,3,6,9,14,23-27H2,1H3,(H,40,43)(H,41,44)/t34-,37+,39+/m1/s1. The third-order valence-electron chi connectivity index (χ3n) is 8.24. The third kappa shape index (κ3) is 10.5. The number of unbranched alkanes of at least 4 members (excludes halogenated alkanes) is 2. The van der Waals surface area contributed by atoms with Crippen LogP contribution in [-0.4, -0.2) is 35.3 Å². The van der Waals surface area contributed by atoms with Crippen molar-refractivity contribution in [1.29, 1.82) is 0 Å². The highest BCUT2D eigenvalue weighted by atomic mass is 32.2. The number of carbonyl (C=O) groups excluding carboxylic acids is 2. The van der Waals surface area contributed by atoms with Gasteiger partial charge in [0, 0.05) is 49.1 Å². The third-order valence-corrected chi connectivity index (χ3v) is 9.38. The zero-order chi connectivity index (χ0) is 32.8. The lowest BCUT2D eigenvalue weighted by molar-refractivity contribution is -0.245. The molecule has 5 rings (SSSR count). The predicted octanol–water partition coefficient (Wildman–Crippen LogP) is 7.50. The molecule has 246 valence electrons. The van der Waals surface area contributed by atoms with Crippen molar-refractivity contribution in [3.63, 3.8) is 0 Å². The highest BCUT2D eigenvalue weighted by Gasteiger charge is 2.32. The van der Waals surface area contributed by atoms with Crippen LogP contribution in [0.4, 0.5) is 0 Å². The average Bonchev–Trinajstić information content (AvgIpc) is 3.11. The Morgan fingerprint density at radius 3 is 2.28 bits per heavy atom. The Hall–Kier alpha value is -3.95. The largest absolute Gasteiger partial charge is 0.392 e. The van der Waals surface area contributed by atoms with Crippen molar-refractivity contribution >= 4 is 23.6 Å². The second-order valence-electron chi connectivity index (χ2n) is 11.8. The van der Waals surface area contributed by atoms with Crippen LogP contribution >= 0.6 is 11.8 Å². The van der Waals surface area contributed by atoms with Crippen LogP contribution in [0.15, 0.2) is 108 Å². The molecule has 0 spiro atoms. The number of thioether (sulfide) groups is 1. The summed E-state index contributed by atoms with van der Waals surface area (Å²) in [7, 11) is 0. The van der Waals surface area contributed by atoms with E-state index < -0.39 is 6.29 Å². The number of nitrogens with one attached hydrogen (secondary N) is 2. The van der Waals surface area contributed by atoms with Gasteiger partial charge in [0.15, 0.2) is 6.29 Å². The summed E-state index contributed by atoms with van der Waals surface area (Å²) in [5.41, 5.74) is 6.07. The molecule has 1 heterocycles. The number of benzene rings is 4. The number of carbonyl (C=O) groups is 2. The van der Waals surface area contributed by atoms with Crippen molar-refractivity contribution in [2.45, 2.75) is 75.6 Å². The van der Waals surface area contributed by atoms with Crippen LogP contribution in [0.5, 0.6) is 0 Å². The minimum Gasteiger partial charge on any atom is -0.392 e. The first-order valence-electron chi connectivity index (χ1n) is 16.4. The Morgan fingerprint density at radius 2 is 1.53 bits per heavy atom. The Morgan fingerprint density at radius 1 is 0.809 bits per heavy atom. The monoisotopic (exact) mass is 652 g/mol. The molecule has 2 amide bonds. The minimum absolute atomic E-state index is 0.0114. The van der Waals surface area contributed by atoms with Gasteiger partial charge in [0.2, 0.25) is 11.8 Å². The number of aliphatic hydroxyl groups excluding tert-OH is 1. The molecule has 8 heteroatoms. The van der Waals surface area contributed by atoms with E-state index in [0.717, 1.165) is 64.8 Å². The highest BCUT2D eigenvalue weighted by Crippen LogP contribution is 2.40. The zero-order valence-electron chi connectivity index (χ0n) is 26.9. The van der Waals surface area contributed by atoms with E-state index >= 15 is 0 Å². The number of hydrogen-bond donors (Lipinski definition) is 3. The molecule has 1 aliphatic rings. The summed E-state index contributed by atoms with van der Waals surface area (Å²) >= 11 is 1.79. The van der Waals surface area contributed by atoms with Gasteiger partial charge < -0.3 is 25.2 Å². The van der Waals surface area contributed by atoms with Crippen LogP contribution in [0.25, 0.3) is 11.1 Å². The molecule has 1 saturated heterocycles. The van der Waals surface area contributed by atoms with E-state index in [4.69, 9.17) is 9.47 Å². The fourth-order valence-electron chi connectivity index (χ4n) is 5.64.